The molecule has 1 saturated heterocycles. The zero-order chi connectivity index (χ0) is 14.9. The number of carbonyl (C=O) groups is 1. The van der Waals surface area contributed by atoms with Crippen LogP contribution in [0.3, 0.4) is 0 Å². The lowest BCUT2D eigenvalue weighted by atomic mass is 10.0. The van der Waals surface area contributed by atoms with Gasteiger partial charge in [-0.1, -0.05) is 6.92 Å². The summed E-state index contributed by atoms with van der Waals surface area (Å²) in [6, 6.07) is 3.86. The molecule has 0 amide bonds. The van der Waals surface area contributed by atoms with Gasteiger partial charge in [-0.15, -0.1) is 0 Å². The summed E-state index contributed by atoms with van der Waals surface area (Å²) < 4.78 is 26.5. The van der Waals surface area contributed by atoms with Crippen LogP contribution >= 0.6 is 0 Å². The lowest BCUT2D eigenvalue weighted by Crippen LogP contribution is -2.39. The summed E-state index contributed by atoms with van der Waals surface area (Å²) in [6.45, 7) is 2.84. The fraction of sp³-hybridized carbons (Fsp3) is 0.462. The fourth-order valence-electron chi connectivity index (χ4n) is 2.44. The van der Waals surface area contributed by atoms with Gasteiger partial charge in [-0.25, -0.2) is 13.2 Å². The second kappa shape index (κ2) is 5.41. The van der Waals surface area contributed by atoms with Gasteiger partial charge in [-0.05, 0) is 37.0 Å². The van der Waals surface area contributed by atoms with Gasteiger partial charge in [-0.3, -0.25) is 0 Å². The fourth-order valence-corrected chi connectivity index (χ4v) is 4.21. The molecule has 6 nitrogen and oxygen atoms in total. The topological polar surface area (TPSA) is 101 Å². The molecule has 1 fully saturated rings. The van der Waals surface area contributed by atoms with Crippen LogP contribution in [-0.4, -0.2) is 36.9 Å². The van der Waals surface area contributed by atoms with E-state index in [4.69, 9.17) is 10.8 Å². The minimum atomic E-state index is -3.79. The highest BCUT2D eigenvalue weighted by Crippen LogP contribution is 2.26. The van der Waals surface area contributed by atoms with Gasteiger partial charge in [0, 0.05) is 18.8 Å². The Bertz CT molecular complexity index is 627. The zero-order valence-electron chi connectivity index (χ0n) is 11.2. The lowest BCUT2D eigenvalue weighted by Gasteiger charge is -2.30. The number of sulfonamides is 1. The molecule has 3 N–H and O–H groups in total. The summed E-state index contributed by atoms with van der Waals surface area (Å²) in [5.74, 6) is -1.01. The third-order valence-electron chi connectivity index (χ3n) is 3.47. The maximum Gasteiger partial charge on any atom is 0.337 e. The Morgan fingerprint density at radius 2 is 2.15 bits per heavy atom. The number of carboxylic acids is 1. The van der Waals surface area contributed by atoms with Crippen LogP contribution in [0.5, 0.6) is 0 Å². The molecule has 20 heavy (non-hydrogen) atoms. The highest BCUT2D eigenvalue weighted by molar-refractivity contribution is 7.89. The van der Waals surface area contributed by atoms with Crippen LogP contribution in [0.2, 0.25) is 0 Å². The maximum absolute atomic E-state index is 12.6. The molecule has 1 aromatic carbocycles. The molecule has 0 aromatic heterocycles. The predicted molar refractivity (Wildman–Crippen MR) is 75.0 cm³/mol. The second-order valence-corrected chi connectivity index (χ2v) is 7.08. The predicted octanol–water partition coefficient (Wildman–Crippen LogP) is 1.39. The van der Waals surface area contributed by atoms with Crippen molar-refractivity contribution in [3.05, 3.63) is 23.8 Å². The normalized spacial score (nSPS) is 20.8. The molecular formula is C13H18N2O4S. The Hall–Kier alpha value is -1.60. The number of nitrogens with two attached hydrogens (primary N) is 1. The largest absolute Gasteiger partial charge is 0.478 e. The minimum Gasteiger partial charge on any atom is -0.478 e. The summed E-state index contributed by atoms with van der Waals surface area (Å²) >= 11 is 0. The second-order valence-electron chi connectivity index (χ2n) is 5.17. The van der Waals surface area contributed by atoms with E-state index >= 15 is 0 Å². The highest BCUT2D eigenvalue weighted by Gasteiger charge is 2.31. The molecule has 0 radical (unpaired) electrons. The Balaban J connectivity index is 2.46. The first-order valence-electron chi connectivity index (χ1n) is 6.45. The third-order valence-corrected chi connectivity index (χ3v) is 5.39. The highest BCUT2D eigenvalue weighted by atomic mass is 32.2. The van der Waals surface area contributed by atoms with E-state index in [9.17, 15) is 13.2 Å². The van der Waals surface area contributed by atoms with Crippen molar-refractivity contribution >= 4 is 21.7 Å². The Labute approximate surface area is 118 Å². The molecule has 7 heteroatoms. The Kier molecular flexibility index (Phi) is 4.01. The van der Waals surface area contributed by atoms with Crippen LogP contribution < -0.4 is 5.73 Å². The number of aromatic carboxylic acids is 1. The molecule has 0 spiro atoms. The first-order valence-corrected chi connectivity index (χ1v) is 7.89. The van der Waals surface area contributed by atoms with Gasteiger partial charge in [0.2, 0.25) is 10.0 Å². The van der Waals surface area contributed by atoms with Crippen molar-refractivity contribution in [2.24, 2.45) is 5.92 Å². The van der Waals surface area contributed by atoms with E-state index < -0.39 is 16.0 Å². The van der Waals surface area contributed by atoms with Crippen molar-refractivity contribution < 1.29 is 18.3 Å². The first-order chi connectivity index (χ1) is 9.32. The summed E-state index contributed by atoms with van der Waals surface area (Å²) in [6.07, 6.45) is 1.78. The molecule has 1 aliphatic heterocycles. The number of hydrogen-bond donors (Lipinski definition) is 2. The van der Waals surface area contributed by atoms with Crippen molar-refractivity contribution in [1.29, 1.82) is 0 Å². The summed E-state index contributed by atoms with van der Waals surface area (Å²) in [7, 11) is -3.79. The van der Waals surface area contributed by atoms with Gasteiger partial charge in [0.1, 0.15) is 0 Å². The van der Waals surface area contributed by atoms with E-state index in [1.54, 1.807) is 0 Å². The van der Waals surface area contributed by atoms with E-state index in [2.05, 4.69) is 0 Å². The van der Waals surface area contributed by atoms with Crippen molar-refractivity contribution in [2.45, 2.75) is 24.7 Å². The number of rotatable bonds is 3. The summed E-state index contributed by atoms with van der Waals surface area (Å²) in [4.78, 5) is 11.0. The standard InChI is InChI=1S/C13H18N2O4S/c1-9-3-2-6-15(8-9)20(18,19)12-5-4-10(14)7-11(12)13(16)17/h4-5,7,9H,2-3,6,8,14H2,1H3,(H,16,17). The lowest BCUT2D eigenvalue weighted by molar-refractivity contribution is 0.0692. The van der Waals surface area contributed by atoms with Crippen LogP contribution in [0.4, 0.5) is 5.69 Å². The number of piperidine rings is 1. The number of nitrogens with zero attached hydrogens (tertiary/aromatic N) is 1. The van der Waals surface area contributed by atoms with Crippen LogP contribution in [0.15, 0.2) is 23.1 Å². The van der Waals surface area contributed by atoms with Gasteiger partial charge in [0.25, 0.3) is 0 Å². The van der Waals surface area contributed by atoms with E-state index in [0.29, 0.717) is 13.1 Å². The molecule has 2 rings (SSSR count). The first kappa shape index (κ1) is 14.8. The van der Waals surface area contributed by atoms with E-state index in [1.165, 1.54) is 22.5 Å². The molecule has 1 atom stereocenters. The summed E-state index contributed by atoms with van der Waals surface area (Å²) in [5.41, 5.74) is 5.49. The van der Waals surface area contributed by atoms with Crippen LogP contribution in [-0.2, 0) is 10.0 Å². The molecular weight excluding hydrogens is 280 g/mol. The van der Waals surface area contributed by atoms with E-state index in [1.807, 2.05) is 6.92 Å². The Morgan fingerprint density at radius 3 is 2.75 bits per heavy atom. The SMILES string of the molecule is CC1CCCN(S(=O)(=O)c2ccc(N)cc2C(=O)O)C1. The average Bonchev–Trinajstić information content (AvgIpc) is 2.38. The molecule has 1 unspecified atom stereocenters. The maximum atomic E-state index is 12.6. The number of benzene rings is 1. The number of carboxylic acid groups (broad SMARTS) is 1. The zero-order valence-corrected chi connectivity index (χ0v) is 12.1. The quantitative estimate of drug-likeness (QED) is 0.821. The van der Waals surface area contributed by atoms with Crippen molar-refractivity contribution in [3.8, 4) is 0 Å². The van der Waals surface area contributed by atoms with E-state index in [-0.39, 0.29) is 22.1 Å². The van der Waals surface area contributed by atoms with Gasteiger partial charge >= 0.3 is 5.97 Å². The smallest absolute Gasteiger partial charge is 0.337 e. The van der Waals surface area contributed by atoms with E-state index in [0.717, 1.165) is 12.8 Å². The molecule has 0 bridgehead atoms. The molecule has 1 heterocycles. The molecule has 1 aliphatic rings. The average molecular weight is 298 g/mol. The van der Waals surface area contributed by atoms with Gasteiger partial charge in [-0.2, -0.15) is 4.31 Å². The molecule has 0 aliphatic carbocycles. The van der Waals surface area contributed by atoms with Crippen molar-refractivity contribution in [1.82, 2.24) is 4.31 Å². The summed E-state index contributed by atoms with van der Waals surface area (Å²) in [5, 5.41) is 9.17. The van der Waals surface area contributed by atoms with Crippen LogP contribution in [0.1, 0.15) is 30.1 Å². The van der Waals surface area contributed by atoms with Crippen molar-refractivity contribution in [2.75, 3.05) is 18.8 Å². The van der Waals surface area contributed by atoms with Gasteiger partial charge in [0.15, 0.2) is 0 Å². The number of anilines is 1. The monoisotopic (exact) mass is 298 g/mol. The molecule has 1 aromatic rings. The number of hydrogen-bond acceptors (Lipinski definition) is 4. The molecule has 0 saturated carbocycles. The van der Waals surface area contributed by atoms with Gasteiger partial charge in [0.05, 0.1) is 10.5 Å². The third kappa shape index (κ3) is 2.78. The van der Waals surface area contributed by atoms with Gasteiger partial charge < -0.3 is 10.8 Å². The number of nitrogen functional groups attached to an aromatic ring is 1. The van der Waals surface area contributed by atoms with Crippen LogP contribution in [0.25, 0.3) is 0 Å². The minimum absolute atomic E-state index is 0.187. The Morgan fingerprint density at radius 1 is 1.45 bits per heavy atom. The van der Waals surface area contributed by atoms with Crippen molar-refractivity contribution in [3.63, 3.8) is 0 Å². The molecule has 110 valence electrons. The van der Waals surface area contributed by atoms with Crippen LogP contribution in [0, 0.1) is 5.92 Å².